The monoisotopic (exact) mass is 414 g/mol. The summed E-state index contributed by atoms with van der Waals surface area (Å²) in [6.45, 7) is 1.51. The summed E-state index contributed by atoms with van der Waals surface area (Å²) in [5.74, 6) is -0.875. The van der Waals surface area contributed by atoms with Crippen molar-refractivity contribution in [2.24, 2.45) is 17.3 Å². The molecule has 9 heteroatoms. The number of aromatic nitrogens is 1. The highest BCUT2D eigenvalue weighted by molar-refractivity contribution is 7.92. The number of azo groups is 1. The maximum atomic E-state index is 12.4. The molecule has 3 rings (SSSR count). The van der Waals surface area contributed by atoms with Gasteiger partial charge in [0.2, 0.25) is 15.9 Å². The molecular weight excluding hydrogens is 392 g/mol. The summed E-state index contributed by atoms with van der Waals surface area (Å²) in [4.78, 5) is 12.4. The number of para-hydroxylation sites is 1. The second-order valence-electron chi connectivity index (χ2n) is 6.63. The van der Waals surface area contributed by atoms with Gasteiger partial charge in [0, 0.05) is 12.4 Å². The van der Waals surface area contributed by atoms with Crippen LogP contribution in [0.2, 0.25) is 0 Å². The third kappa shape index (κ3) is 4.29. The molecule has 0 unspecified atom stereocenters. The summed E-state index contributed by atoms with van der Waals surface area (Å²) in [6.07, 6.45) is 1.85. The Balaban J connectivity index is 1.87. The number of aromatic hydroxyl groups is 1. The van der Waals surface area contributed by atoms with Gasteiger partial charge in [0.15, 0.2) is 5.69 Å². The largest absolute Gasteiger partial charge is 0.493 e. The van der Waals surface area contributed by atoms with Crippen LogP contribution in [0.4, 0.5) is 11.4 Å². The van der Waals surface area contributed by atoms with Crippen LogP contribution < -0.4 is 4.31 Å². The van der Waals surface area contributed by atoms with Gasteiger partial charge in [0.25, 0.3) is 5.91 Å². The summed E-state index contributed by atoms with van der Waals surface area (Å²) in [6, 6.07) is 14.1. The molecule has 1 amide bonds. The Bertz CT molecular complexity index is 1180. The molecule has 0 spiro atoms. The van der Waals surface area contributed by atoms with Crippen LogP contribution in [0, 0.1) is 0 Å². The van der Waals surface area contributed by atoms with Gasteiger partial charge in [-0.25, -0.2) is 8.42 Å². The van der Waals surface area contributed by atoms with E-state index >= 15 is 0 Å². The van der Waals surface area contributed by atoms with Crippen molar-refractivity contribution in [3.8, 4) is 5.88 Å². The summed E-state index contributed by atoms with van der Waals surface area (Å²) in [5, 5.41) is 18.4. The predicted octanol–water partition coefficient (Wildman–Crippen LogP) is 3.52. The number of aryl methyl sites for hydroxylation is 2. The highest BCUT2D eigenvalue weighted by Crippen LogP contribution is 2.37. The molecule has 1 aromatic heterocycles. The van der Waals surface area contributed by atoms with Crippen molar-refractivity contribution in [2.75, 3.05) is 17.1 Å². The molecule has 2 aromatic carbocycles. The Morgan fingerprint density at radius 1 is 1.14 bits per heavy atom. The zero-order valence-corrected chi connectivity index (χ0v) is 17.2. The number of carbonyl (C=O) groups excluding carboxylic acids is 1. The number of anilines is 1. The number of sulfonamides is 1. The molecule has 3 aromatic rings. The smallest absolute Gasteiger partial charge is 0.285 e. The Kier molecular flexibility index (Phi) is 5.69. The van der Waals surface area contributed by atoms with Crippen LogP contribution in [-0.4, -0.2) is 36.8 Å². The minimum Gasteiger partial charge on any atom is -0.493 e. The number of nitrogens with zero attached hydrogens (tertiary/aromatic N) is 4. The summed E-state index contributed by atoms with van der Waals surface area (Å²) in [7, 11) is -2.03. The van der Waals surface area contributed by atoms with Crippen molar-refractivity contribution < 1.29 is 18.3 Å². The molecule has 1 heterocycles. The maximum Gasteiger partial charge on any atom is 0.285 e. The second-order valence-corrected chi connectivity index (χ2v) is 8.54. The van der Waals surface area contributed by atoms with E-state index in [4.69, 9.17) is 0 Å². The Morgan fingerprint density at radius 3 is 2.41 bits per heavy atom. The summed E-state index contributed by atoms with van der Waals surface area (Å²) < 4.78 is 26.9. The fourth-order valence-electron chi connectivity index (χ4n) is 3.02. The minimum absolute atomic E-state index is 0.127. The molecule has 0 aliphatic heterocycles. The van der Waals surface area contributed by atoms with Gasteiger partial charge in [-0.15, -0.1) is 10.2 Å². The van der Waals surface area contributed by atoms with E-state index in [1.54, 1.807) is 37.4 Å². The highest BCUT2D eigenvalue weighted by Gasteiger charge is 2.21. The van der Waals surface area contributed by atoms with Gasteiger partial charge in [-0.1, -0.05) is 37.3 Å². The second kappa shape index (κ2) is 8.04. The van der Waals surface area contributed by atoms with Crippen LogP contribution in [0.1, 0.15) is 12.5 Å². The minimum atomic E-state index is -3.70. The standard InChI is InChI=1S/C20H22N4O4S/c1-4-14-9-11-15(12-10-14)24(29(3,27)28)13-18(25)21-22-19-16-7-5-6-8-17(16)23(2)20(19)26/h5-12,26H,4,13H2,1-3H3. The van der Waals surface area contributed by atoms with Crippen LogP contribution >= 0.6 is 0 Å². The average molecular weight is 414 g/mol. The van der Waals surface area contributed by atoms with E-state index in [2.05, 4.69) is 10.2 Å². The van der Waals surface area contributed by atoms with Gasteiger partial charge >= 0.3 is 0 Å². The van der Waals surface area contributed by atoms with E-state index in [1.807, 2.05) is 25.1 Å². The first-order valence-electron chi connectivity index (χ1n) is 9.00. The third-order valence-corrected chi connectivity index (χ3v) is 5.76. The van der Waals surface area contributed by atoms with Gasteiger partial charge in [-0.3, -0.25) is 9.10 Å². The first-order valence-corrected chi connectivity index (χ1v) is 10.8. The van der Waals surface area contributed by atoms with E-state index in [0.717, 1.165) is 28.1 Å². The molecule has 0 saturated carbocycles. The van der Waals surface area contributed by atoms with Gasteiger partial charge in [-0.05, 0) is 30.2 Å². The zero-order valence-electron chi connectivity index (χ0n) is 16.4. The number of amides is 1. The molecule has 0 saturated heterocycles. The van der Waals surface area contributed by atoms with Crippen molar-refractivity contribution in [1.82, 2.24) is 4.57 Å². The lowest BCUT2D eigenvalue weighted by Gasteiger charge is -2.20. The van der Waals surface area contributed by atoms with Gasteiger partial charge in [0.1, 0.15) is 6.54 Å². The van der Waals surface area contributed by atoms with E-state index < -0.39 is 22.5 Å². The Hall–Kier alpha value is -3.20. The molecular formula is C20H22N4O4S. The average Bonchev–Trinajstić information content (AvgIpc) is 2.94. The van der Waals surface area contributed by atoms with Crippen molar-refractivity contribution in [3.05, 3.63) is 54.1 Å². The SMILES string of the molecule is CCc1ccc(N(CC(=O)N=Nc2c(O)n(C)c3ccccc23)S(C)(=O)=O)cc1. The number of benzene rings is 2. The molecule has 29 heavy (non-hydrogen) atoms. The Labute approximate surface area is 169 Å². The quantitative estimate of drug-likeness (QED) is 0.623. The number of hydrogen-bond acceptors (Lipinski definition) is 5. The Morgan fingerprint density at radius 2 is 1.79 bits per heavy atom. The molecule has 8 nitrogen and oxygen atoms in total. The number of hydrogen-bond donors (Lipinski definition) is 1. The molecule has 0 fully saturated rings. The molecule has 0 aliphatic rings. The normalized spacial score (nSPS) is 12.0. The van der Waals surface area contributed by atoms with Gasteiger partial charge in [0.05, 0.1) is 17.5 Å². The lowest BCUT2D eigenvalue weighted by molar-refractivity contribution is -0.116. The molecule has 0 radical (unpaired) electrons. The van der Waals surface area contributed by atoms with Crippen LogP contribution in [0.15, 0.2) is 58.8 Å². The molecule has 0 aliphatic carbocycles. The van der Waals surface area contributed by atoms with Crippen molar-refractivity contribution in [3.63, 3.8) is 0 Å². The van der Waals surface area contributed by atoms with E-state index in [0.29, 0.717) is 11.1 Å². The van der Waals surface area contributed by atoms with E-state index in [9.17, 15) is 18.3 Å². The molecule has 152 valence electrons. The first-order chi connectivity index (χ1) is 13.7. The number of rotatable bonds is 6. The van der Waals surface area contributed by atoms with Crippen LogP contribution in [-0.2, 0) is 28.3 Å². The van der Waals surface area contributed by atoms with E-state index in [-0.39, 0.29) is 11.6 Å². The van der Waals surface area contributed by atoms with Crippen LogP contribution in [0.3, 0.4) is 0 Å². The third-order valence-electron chi connectivity index (χ3n) is 4.62. The van der Waals surface area contributed by atoms with E-state index in [1.165, 1.54) is 4.57 Å². The molecule has 0 bridgehead atoms. The van der Waals surface area contributed by atoms with Crippen molar-refractivity contribution in [1.29, 1.82) is 0 Å². The zero-order chi connectivity index (χ0) is 21.2. The molecule has 0 atom stereocenters. The summed E-state index contributed by atoms with van der Waals surface area (Å²) >= 11 is 0. The fourth-order valence-corrected chi connectivity index (χ4v) is 3.87. The topological polar surface area (TPSA) is 104 Å². The predicted molar refractivity (Wildman–Crippen MR) is 112 cm³/mol. The van der Waals surface area contributed by atoms with Crippen LogP contribution in [0.25, 0.3) is 10.9 Å². The first kappa shape index (κ1) is 20.5. The number of fused-ring (bicyclic) bond motifs is 1. The highest BCUT2D eigenvalue weighted by atomic mass is 32.2. The molecule has 1 N–H and O–H groups in total. The van der Waals surface area contributed by atoms with Gasteiger partial charge < -0.3 is 9.67 Å². The van der Waals surface area contributed by atoms with Gasteiger partial charge in [-0.2, -0.15) is 0 Å². The maximum absolute atomic E-state index is 12.4. The van der Waals surface area contributed by atoms with Crippen molar-refractivity contribution in [2.45, 2.75) is 13.3 Å². The lowest BCUT2D eigenvalue weighted by Crippen LogP contribution is -2.34. The summed E-state index contributed by atoms with van der Waals surface area (Å²) in [5.41, 5.74) is 2.33. The van der Waals surface area contributed by atoms with Crippen molar-refractivity contribution >= 4 is 38.2 Å². The van der Waals surface area contributed by atoms with Crippen LogP contribution in [0.5, 0.6) is 5.88 Å². The fraction of sp³-hybridized carbons (Fsp3) is 0.250. The lowest BCUT2D eigenvalue weighted by atomic mass is 10.1. The number of carbonyl (C=O) groups is 1.